The summed E-state index contributed by atoms with van der Waals surface area (Å²) in [6, 6.07) is 0. The van der Waals surface area contributed by atoms with Gasteiger partial charge in [-0.1, -0.05) is 11.5 Å². The van der Waals surface area contributed by atoms with Crippen LogP contribution in [0.2, 0.25) is 0 Å². The second-order valence-corrected chi connectivity index (χ2v) is 3.29. The summed E-state index contributed by atoms with van der Waals surface area (Å²) in [6.45, 7) is 7.76. The van der Waals surface area contributed by atoms with Gasteiger partial charge < -0.3 is 0 Å². The van der Waals surface area contributed by atoms with Gasteiger partial charge in [-0.2, -0.15) is 0 Å². The quantitative estimate of drug-likeness (QED) is 0.341. The summed E-state index contributed by atoms with van der Waals surface area (Å²) >= 11 is 1.87. The van der Waals surface area contributed by atoms with E-state index in [4.69, 9.17) is 0 Å². The van der Waals surface area contributed by atoms with Crippen LogP contribution in [0.4, 0.5) is 0 Å². The summed E-state index contributed by atoms with van der Waals surface area (Å²) in [6.07, 6.45) is 1.12. The minimum Gasteiger partial charge on any atom is -0.149 e. The van der Waals surface area contributed by atoms with Crippen molar-refractivity contribution in [2.75, 3.05) is 11.5 Å². The first-order valence-corrected chi connectivity index (χ1v) is 4.54. The van der Waals surface area contributed by atoms with Crippen molar-refractivity contribution in [3.05, 3.63) is 12.2 Å². The Morgan fingerprint density at radius 2 is 2.30 bits per heavy atom. The Bertz CT molecular complexity index is 148. The fourth-order valence-corrected chi connectivity index (χ4v) is 1.33. The maximum atomic E-state index is 3.82. The average molecular weight is 154 g/mol. The van der Waals surface area contributed by atoms with E-state index in [1.165, 1.54) is 5.57 Å². The number of hydrogen-bond donors (Lipinski definition) is 0. The first-order chi connectivity index (χ1) is 4.77. The van der Waals surface area contributed by atoms with E-state index in [1.807, 2.05) is 18.7 Å². The molecule has 0 unspecified atom stereocenters. The monoisotopic (exact) mass is 154 g/mol. The number of rotatable bonds is 4. The van der Waals surface area contributed by atoms with Gasteiger partial charge in [0.1, 0.15) is 0 Å². The van der Waals surface area contributed by atoms with E-state index < -0.39 is 0 Å². The third-order valence-corrected chi connectivity index (χ3v) is 1.87. The van der Waals surface area contributed by atoms with E-state index in [-0.39, 0.29) is 0 Å². The molecule has 0 atom stereocenters. The summed E-state index contributed by atoms with van der Waals surface area (Å²) in [5.74, 6) is 7.99. The predicted octanol–water partition coefficient (Wildman–Crippen LogP) is 2.71. The largest absolute Gasteiger partial charge is 0.149 e. The van der Waals surface area contributed by atoms with E-state index in [2.05, 4.69) is 25.3 Å². The van der Waals surface area contributed by atoms with Crippen LogP contribution < -0.4 is 0 Å². The Morgan fingerprint density at radius 3 is 2.80 bits per heavy atom. The van der Waals surface area contributed by atoms with Crippen molar-refractivity contribution < 1.29 is 0 Å². The molecule has 0 aliphatic heterocycles. The summed E-state index contributed by atoms with van der Waals surface area (Å²) < 4.78 is 0. The molecule has 0 spiro atoms. The molecular formula is C9H14S. The lowest BCUT2D eigenvalue weighted by Gasteiger charge is -1.95. The maximum Gasteiger partial charge on any atom is 0.0547 e. The lowest BCUT2D eigenvalue weighted by Crippen LogP contribution is -1.81. The van der Waals surface area contributed by atoms with Crippen molar-refractivity contribution in [1.29, 1.82) is 0 Å². The molecule has 0 aromatic rings. The van der Waals surface area contributed by atoms with Gasteiger partial charge in [-0.3, -0.25) is 0 Å². The number of allylic oxidation sites excluding steroid dienone is 1. The van der Waals surface area contributed by atoms with Crippen molar-refractivity contribution in [3.63, 3.8) is 0 Å². The maximum absolute atomic E-state index is 3.82. The zero-order chi connectivity index (χ0) is 7.82. The number of hydrogen-bond acceptors (Lipinski definition) is 1. The van der Waals surface area contributed by atoms with Gasteiger partial charge in [0.25, 0.3) is 0 Å². The normalized spacial score (nSPS) is 8.20. The topological polar surface area (TPSA) is 0 Å². The van der Waals surface area contributed by atoms with E-state index in [1.54, 1.807) is 0 Å². The second kappa shape index (κ2) is 6.77. The van der Waals surface area contributed by atoms with E-state index in [9.17, 15) is 0 Å². The summed E-state index contributed by atoms with van der Waals surface area (Å²) in [5.41, 5.74) is 1.26. The Hall–Kier alpha value is -0.350. The zero-order valence-corrected chi connectivity index (χ0v) is 7.55. The van der Waals surface area contributed by atoms with E-state index >= 15 is 0 Å². The highest BCUT2D eigenvalue weighted by molar-refractivity contribution is 7.99. The average Bonchev–Trinajstić information content (AvgIpc) is 1.87. The van der Waals surface area contributed by atoms with Crippen LogP contribution in [0.15, 0.2) is 12.2 Å². The van der Waals surface area contributed by atoms with Crippen LogP contribution in [0.5, 0.6) is 0 Å². The molecule has 0 heterocycles. The summed E-state index contributed by atoms with van der Waals surface area (Å²) in [4.78, 5) is 0. The third kappa shape index (κ3) is 7.65. The van der Waals surface area contributed by atoms with Gasteiger partial charge in [0.15, 0.2) is 0 Å². The molecule has 0 aromatic carbocycles. The highest BCUT2D eigenvalue weighted by atomic mass is 32.2. The van der Waals surface area contributed by atoms with Crippen molar-refractivity contribution in [2.45, 2.75) is 20.3 Å². The first-order valence-electron chi connectivity index (χ1n) is 3.39. The standard InChI is InChI=1S/C9H14S/c1-4-5-7-10-8-6-9(2)3/h2,6-8H2,1,3H3. The Kier molecular flexibility index (Phi) is 6.53. The Labute approximate surface area is 68.1 Å². The van der Waals surface area contributed by atoms with Gasteiger partial charge in [0, 0.05) is 0 Å². The van der Waals surface area contributed by atoms with Gasteiger partial charge in [0.2, 0.25) is 0 Å². The van der Waals surface area contributed by atoms with Crippen LogP contribution in [-0.4, -0.2) is 11.5 Å². The molecule has 0 rings (SSSR count). The van der Waals surface area contributed by atoms with Crippen molar-refractivity contribution in [2.24, 2.45) is 0 Å². The molecule has 0 aliphatic rings. The van der Waals surface area contributed by atoms with E-state index in [0.29, 0.717) is 0 Å². The molecule has 0 saturated heterocycles. The second-order valence-electron chi connectivity index (χ2n) is 2.19. The molecule has 0 fully saturated rings. The smallest absolute Gasteiger partial charge is 0.0547 e. The lowest BCUT2D eigenvalue weighted by molar-refractivity contribution is 1.13. The molecule has 0 aliphatic carbocycles. The van der Waals surface area contributed by atoms with Gasteiger partial charge in [0.05, 0.1) is 5.75 Å². The van der Waals surface area contributed by atoms with Crippen LogP contribution in [0.3, 0.4) is 0 Å². The molecule has 0 saturated carbocycles. The summed E-state index contributed by atoms with van der Waals surface area (Å²) in [5, 5.41) is 0. The van der Waals surface area contributed by atoms with Gasteiger partial charge in [-0.05, 0) is 26.0 Å². The van der Waals surface area contributed by atoms with Gasteiger partial charge in [-0.25, -0.2) is 0 Å². The summed E-state index contributed by atoms with van der Waals surface area (Å²) in [7, 11) is 0. The van der Waals surface area contributed by atoms with Crippen molar-refractivity contribution in [1.82, 2.24) is 0 Å². The SMILES string of the molecule is C=C(C)CCSCC#CC. The Balaban J connectivity index is 3.03. The predicted molar refractivity (Wildman–Crippen MR) is 50.2 cm³/mol. The van der Waals surface area contributed by atoms with Gasteiger partial charge in [-0.15, -0.1) is 24.3 Å². The van der Waals surface area contributed by atoms with Crippen LogP contribution in [0.1, 0.15) is 20.3 Å². The van der Waals surface area contributed by atoms with Crippen LogP contribution in [-0.2, 0) is 0 Å². The molecule has 0 amide bonds. The molecule has 0 bridgehead atoms. The molecule has 56 valence electrons. The zero-order valence-electron chi connectivity index (χ0n) is 6.74. The Morgan fingerprint density at radius 1 is 1.60 bits per heavy atom. The minimum atomic E-state index is 0.962. The minimum absolute atomic E-state index is 0.962. The molecular weight excluding hydrogens is 140 g/mol. The highest BCUT2D eigenvalue weighted by Crippen LogP contribution is 2.05. The van der Waals surface area contributed by atoms with Crippen molar-refractivity contribution in [3.8, 4) is 11.8 Å². The molecule has 0 N–H and O–H groups in total. The molecule has 0 radical (unpaired) electrons. The van der Waals surface area contributed by atoms with Gasteiger partial charge >= 0.3 is 0 Å². The third-order valence-electron chi connectivity index (χ3n) is 1.02. The lowest BCUT2D eigenvalue weighted by atomic mass is 10.3. The first kappa shape index (κ1) is 9.65. The highest BCUT2D eigenvalue weighted by Gasteiger charge is 1.85. The van der Waals surface area contributed by atoms with Crippen LogP contribution in [0, 0.1) is 11.8 Å². The van der Waals surface area contributed by atoms with Crippen LogP contribution >= 0.6 is 11.8 Å². The van der Waals surface area contributed by atoms with E-state index in [0.717, 1.165) is 17.9 Å². The molecule has 1 heteroatoms. The van der Waals surface area contributed by atoms with Crippen LogP contribution in [0.25, 0.3) is 0 Å². The van der Waals surface area contributed by atoms with Crippen molar-refractivity contribution >= 4 is 11.8 Å². The number of thioether (sulfide) groups is 1. The molecule has 0 aromatic heterocycles. The fraction of sp³-hybridized carbons (Fsp3) is 0.556. The molecule has 10 heavy (non-hydrogen) atoms. The molecule has 0 nitrogen and oxygen atoms in total. The fourth-order valence-electron chi connectivity index (χ4n) is 0.442.